The second-order valence-corrected chi connectivity index (χ2v) is 8.05. The molecule has 0 aliphatic carbocycles. The molecule has 1 aromatic heterocycles. The van der Waals surface area contributed by atoms with Gasteiger partial charge in [0.1, 0.15) is 5.01 Å². The van der Waals surface area contributed by atoms with E-state index in [2.05, 4.69) is 67.7 Å². The van der Waals surface area contributed by atoms with Crippen LogP contribution in [0.2, 0.25) is 0 Å². The van der Waals surface area contributed by atoms with E-state index in [1.807, 2.05) is 13.2 Å². The highest BCUT2D eigenvalue weighted by atomic mass is 127. The highest BCUT2D eigenvalue weighted by molar-refractivity contribution is 14.0. The van der Waals surface area contributed by atoms with E-state index in [0.29, 0.717) is 0 Å². The van der Waals surface area contributed by atoms with Gasteiger partial charge in [0.25, 0.3) is 0 Å². The Hall–Kier alpha value is -1.39. The molecule has 0 saturated carbocycles. The molecular formula is C20H31IN6S. The van der Waals surface area contributed by atoms with Gasteiger partial charge in [0.05, 0.1) is 6.54 Å². The van der Waals surface area contributed by atoms with Crippen molar-refractivity contribution in [2.75, 3.05) is 51.2 Å². The number of halogens is 1. The third-order valence-electron chi connectivity index (χ3n) is 4.74. The van der Waals surface area contributed by atoms with Crippen LogP contribution in [0.15, 0.2) is 41.5 Å². The Bertz CT molecular complexity index is 712. The van der Waals surface area contributed by atoms with Crippen molar-refractivity contribution in [3.05, 3.63) is 46.4 Å². The number of benzene rings is 1. The van der Waals surface area contributed by atoms with E-state index in [4.69, 9.17) is 0 Å². The minimum absolute atomic E-state index is 0. The predicted molar refractivity (Wildman–Crippen MR) is 130 cm³/mol. The zero-order valence-corrected chi connectivity index (χ0v) is 19.9. The molecule has 1 aromatic carbocycles. The lowest BCUT2D eigenvalue weighted by molar-refractivity contribution is 0.255. The van der Waals surface area contributed by atoms with Gasteiger partial charge in [-0.05, 0) is 32.0 Å². The van der Waals surface area contributed by atoms with E-state index in [0.717, 1.165) is 63.2 Å². The van der Waals surface area contributed by atoms with Gasteiger partial charge in [-0.2, -0.15) is 0 Å². The van der Waals surface area contributed by atoms with Crippen molar-refractivity contribution < 1.29 is 0 Å². The summed E-state index contributed by atoms with van der Waals surface area (Å²) in [6, 6.07) is 10.7. The molecule has 0 unspecified atom stereocenters. The molecule has 2 N–H and O–H groups in total. The summed E-state index contributed by atoms with van der Waals surface area (Å²) in [5, 5.41) is 7.82. The molecule has 0 spiro atoms. The number of para-hydroxylation sites is 1. The average molecular weight is 514 g/mol. The Labute approximate surface area is 189 Å². The highest BCUT2D eigenvalue weighted by Crippen LogP contribution is 2.15. The summed E-state index contributed by atoms with van der Waals surface area (Å²) in [5.74, 6) is 0.844. The Morgan fingerprint density at radius 3 is 2.54 bits per heavy atom. The zero-order chi connectivity index (χ0) is 18.9. The molecule has 3 rings (SSSR count). The van der Waals surface area contributed by atoms with Gasteiger partial charge >= 0.3 is 0 Å². The second-order valence-electron chi connectivity index (χ2n) is 6.73. The molecule has 28 heavy (non-hydrogen) atoms. The van der Waals surface area contributed by atoms with Crippen molar-refractivity contribution in [3.8, 4) is 0 Å². The normalized spacial score (nSPS) is 15.2. The van der Waals surface area contributed by atoms with Gasteiger partial charge in [-0.3, -0.25) is 9.89 Å². The summed E-state index contributed by atoms with van der Waals surface area (Å²) in [6.07, 6.45) is 3.03. The fourth-order valence-corrected chi connectivity index (χ4v) is 3.97. The number of piperazine rings is 1. The number of guanidine groups is 1. The van der Waals surface area contributed by atoms with Crippen molar-refractivity contribution in [1.82, 2.24) is 20.5 Å². The fraction of sp³-hybridized carbons (Fsp3) is 0.500. The van der Waals surface area contributed by atoms with Gasteiger partial charge < -0.3 is 15.5 Å². The Kier molecular flexibility index (Phi) is 10.0. The number of nitrogens with one attached hydrogen (secondary N) is 2. The van der Waals surface area contributed by atoms with Crippen LogP contribution in [0.5, 0.6) is 0 Å². The Morgan fingerprint density at radius 1 is 1.14 bits per heavy atom. The van der Waals surface area contributed by atoms with Crippen molar-refractivity contribution >= 4 is 47.0 Å². The SMILES string of the molecule is CN=C(NCCCN1CCN(c2ccccc2)CC1)NCc1ncc(C)s1.I. The van der Waals surface area contributed by atoms with Crippen LogP contribution in [0.25, 0.3) is 0 Å². The number of aryl methyl sites for hydroxylation is 1. The van der Waals surface area contributed by atoms with Gasteiger partial charge in [-0.25, -0.2) is 4.98 Å². The summed E-state index contributed by atoms with van der Waals surface area (Å²) >= 11 is 1.72. The van der Waals surface area contributed by atoms with Gasteiger partial charge in [-0.15, -0.1) is 35.3 Å². The molecule has 154 valence electrons. The Morgan fingerprint density at radius 2 is 1.89 bits per heavy atom. The summed E-state index contributed by atoms with van der Waals surface area (Å²) < 4.78 is 0. The van der Waals surface area contributed by atoms with Crippen LogP contribution in [-0.4, -0.2) is 62.2 Å². The molecule has 1 aliphatic rings. The molecule has 0 bridgehead atoms. The van der Waals surface area contributed by atoms with Crippen LogP contribution in [0, 0.1) is 6.92 Å². The minimum Gasteiger partial charge on any atom is -0.369 e. The van der Waals surface area contributed by atoms with E-state index in [-0.39, 0.29) is 24.0 Å². The maximum Gasteiger partial charge on any atom is 0.191 e. The number of hydrogen-bond donors (Lipinski definition) is 2. The molecule has 1 saturated heterocycles. The molecule has 0 atom stereocenters. The lowest BCUT2D eigenvalue weighted by Gasteiger charge is -2.36. The van der Waals surface area contributed by atoms with Gasteiger partial charge in [-0.1, -0.05) is 18.2 Å². The number of aliphatic imine (C=N–C) groups is 1. The summed E-state index contributed by atoms with van der Waals surface area (Å²) in [7, 11) is 1.81. The number of thiazole rings is 1. The molecule has 1 fully saturated rings. The number of anilines is 1. The first kappa shape index (κ1) is 22.9. The van der Waals surface area contributed by atoms with Crippen molar-refractivity contribution in [1.29, 1.82) is 0 Å². The van der Waals surface area contributed by atoms with Crippen LogP contribution in [0.3, 0.4) is 0 Å². The quantitative estimate of drug-likeness (QED) is 0.258. The first-order valence-corrected chi connectivity index (χ1v) is 10.4. The lowest BCUT2D eigenvalue weighted by atomic mass is 10.2. The van der Waals surface area contributed by atoms with E-state index < -0.39 is 0 Å². The third kappa shape index (κ3) is 7.21. The second kappa shape index (κ2) is 12.2. The predicted octanol–water partition coefficient (Wildman–Crippen LogP) is 2.95. The summed E-state index contributed by atoms with van der Waals surface area (Å²) in [6.45, 7) is 9.32. The first-order chi connectivity index (χ1) is 13.2. The highest BCUT2D eigenvalue weighted by Gasteiger charge is 2.16. The molecule has 0 radical (unpaired) electrons. The van der Waals surface area contributed by atoms with Crippen LogP contribution in [-0.2, 0) is 6.54 Å². The van der Waals surface area contributed by atoms with Crippen LogP contribution in [0.1, 0.15) is 16.3 Å². The van der Waals surface area contributed by atoms with Gasteiger partial charge in [0.15, 0.2) is 5.96 Å². The zero-order valence-electron chi connectivity index (χ0n) is 16.7. The van der Waals surface area contributed by atoms with Gasteiger partial charge in [0.2, 0.25) is 0 Å². The molecule has 2 heterocycles. The number of hydrogen-bond acceptors (Lipinski definition) is 5. The maximum atomic E-state index is 4.37. The molecule has 8 heteroatoms. The fourth-order valence-electron chi connectivity index (χ4n) is 3.24. The molecule has 2 aromatic rings. The van der Waals surface area contributed by atoms with Crippen LogP contribution >= 0.6 is 35.3 Å². The largest absolute Gasteiger partial charge is 0.369 e. The number of rotatable bonds is 7. The van der Waals surface area contributed by atoms with E-state index in [1.165, 1.54) is 10.6 Å². The van der Waals surface area contributed by atoms with Crippen molar-refractivity contribution in [2.45, 2.75) is 19.9 Å². The monoisotopic (exact) mass is 514 g/mol. The molecule has 0 amide bonds. The van der Waals surface area contributed by atoms with Crippen molar-refractivity contribution in [2.24, 2.45) is 4.99 Å². The van der Waals surface area contributed by atoms with Crippen LogP contribution in [0.4, 0.5) is 5.69 Å². The molecule has 1 aliphatic heterocycles. The van der Waals surface area contributed by atoms with E-state index >= 15 is 0 Å². The van der Waals surface area contributed by atoms with E-state index in [1.54, 1.807) is 11.3 Å². The average Bonchev–Trinajstić information content (AvgIpc) is 3.14. The Balaban J connectivity index is 0.00000280. The molecule has 6 nitrogen and oxygen atoms in total. The maximum absolute atomic E-state index is 4.37. The van der Waals surface area contributed by atoms with Gasteiger partial charge in [0, 0.05) is 56.5 Å². The summed E-state index contributed by atoms with van der Waals surface area (Å²) in [5.41, 5.74) is 1.34. The standard InChI is InChI=1S/C20H30N6S.HI/c1-17-15-23-19(27-17)16-24-20(21-2)22-9-6-10-25-11-13-26(14-12-25)18-7-4-3-5-8-18;/h3-5,7-8,15H,6,9-14,16H2,1-2H3,(H2,21,22,24);1H. The third-order valence-corrected chi connectivity index (χ3v) is 5.65. The first-order valence-electron chi connectivity index (χ1n) is 9.63. The summed E-state index contributed by atoms with van der Waals surface area (Å²) in [4.78, 5) is 14.9. The topological polar surface area (TPSA) is 55.8 Å². The van der Waals surface area contributed by atoms with Crippen molar-refractivity contribution in [3.63, 3.8) is 0 Å². The minimum atomic E-state index is 0. The van der Waals surface area contributed by atoms with E-state index in [9.17, 15) is 0 Å². The lowest BCUT2D eigenvalue weighted by Crippen LogP contribution is -2.47. The van der Waals surface area contributed by atoms with Crippen LogP contribution < -0.4 is 15.5 Å². The smallest absolute Gasteiger partial charge is 0.191 e. The number of aromatic nitrogens is 1. The number of nitrogens with zero attached hydrogens (tertiary/aromatic N) is 4. The molecular weight excluding hydrogens is 483 g/mol.